The molecule has 5 nitrogen and oxygen atoms in total. The molecule has 0 unspecified atom stereocenters. The molecular weight excluding hydrogens is 397 g/mol. The first-order valence-electron chi connectivity index (χ1n) is 8.10. The maximum Gasteiger partial charge on any atom is 0.181 e. The van der Waals surface area contributed by atoms with Gasteiger partial charge in [0.25, 0.3) is 0 Å². The number of ether oxygens (including phenoxy) is 2. The third kappa shape index (κ3) is 4.62. The van der Waals surface area contributed by atoms with Crippen LogP contribution >= 0.6 is 23.2 Å². The van der Waals surface area contributed by atoms with E-state index in [-0.39, 0.29) is 15.7 Å². The zero-order valence-electron chi connectivity index (χ0n) is 14.2. The van der Waals surface area contributed by atoms with E-state index in [1.165, 1.54) is 12.1 Å². The highest BCUT2D eigenvalue weighted by Crippen LogP contribution is 2.31. The first-order chi connectivity index (χ1) is 12.3. The average Bonchev–Trinajstić information content (AvgIpc) is 2.62. The Morgan fingerprint density at radius 3 is 2.54 bits per heavy atom. The topological polar surface area (TPSA) is 55.8 Å². The molecule has 2 aromatic rings. The first-order valence-corrected chi connectivity index (χ1v) is 10.5. The van der Waals surface area contributed by atoms with Crippen molar-refractivity contribution in [1.82, 2.24) is 4.90 Å². The summed E-state index contributed by atoms with van der Waals surface area (Å²) in [6.07, 6.45) is 0. The Bertz CT molecular complexity index is 902. The summed E-state index contributed by atoms with van der Waals surface area (Å²) in [4.78, 5) is 2.00. The summed E-state index contributed by atoms with van der Waals surface area (Å²) in [6, 6.07) is 10.2. The highest BCUT2D eigenvalue weighted by Gasteiger charge is 2.20. The molecule has 3 rings (SSSR count). The first kappa shape index (κ1) is 19.3. The van der Waals surface area contributed by atoms with E-state index in [9.17, 15) is 8.42 Å². The number of sulfone groups is 1. The molecule has 0 saturated carbocycles. The fourth-order valence-corrected chi connectivity index (χ4v) is 4.83. The fourth-order valence-electron chi connectivity index (χ4n) is 2.68. The van der Waals surface area contributed by atoms with Crippen LogP contribution in [-0.2, 0) is 16.4 Å². The normalized spacial score (nSPS) is 13.8. The van der Waals surface area contributed by atoms with E-state index in [0.717, 1.165) is 17.1 Å². The molecule has 0 radical (unpaired) electrons. The minimum atomic E-state index is -3.52. The summed E-state index contributed by atoms with van der Waals surface area (Å²) in [6.45, 7) is 2.04. The lowest BCUT2D eigenvalue weighted by atomic mass is 10.2. The minimum Gasteiger partial charge on any atom is -0.486 e. The number of rotatable bonds is 6. The smallest absolute Gasteiger partial charge is 0.181 e. The van der Waals surface area contributed by atoms with E-state index in [1.807, 2.05) is 30.1 Å². The molecule has 0 bridgehead atoms. The quantitative estimate of drug-likeness (QED) is 0.720. The molecule has 0 saturated heterocycles. The third-order valence-electron chi connectivity index (χ3n) is 4.03. The van der Waals surface area contributed by atoms with E-state index in [4.69, 9.17) is 32.7 Å². The molecule has 1 aliphatic heterocycles. The van der Waals surface area contributed by atoms with E-state index < -0.39 is 9.84 Å². The van der Waals surface area contributed by atoms with Gasteiger partial charge in [0.2, 0.25) is 0 Å². The van der Waals surface area contributed by atoms with Gasteiger partial charge in [-0.3, -0.25) is 0 Å². The second-order valence-corrected chi connectivity index (χ2v) is 9.03. The van der Waals surface area contributed by atoms with Crippen molar-refractivity contribution >= 4 is 33.0 Å². The van der Waals surface area contributed by atoms with Crippen LogP contribution in [0, 0.1) is 0 Å². The summed E-state index contributed by atoms with van der Waals surface area (Å²) < 4.78 is 36.2. The predicted molar refractivity (Wildman–Crippen MR) is 102 cm³/mol. The summed E-state index contributed by atoms with van der Waals surface area (Å²) in [5.41, 5.74) is 1.02. The highest BCUT2D eigenvalue weighted by atomic mass is 35.5. The van der Waals surface area contributed by atoms with Crippen molar-refractivity contribution in [3.05, 3.63) is 52.0 Å². The van der Waals surface area contributed by atoms with Crippen LogP contribution in [0.15, 0.2) is 41.3 Å². The summed E-state index contributed by atoms with van der Waals surface area (Å²) in [5.74, 6) is 1.41. The Labute approximate surface area is 163 Å². The van der Waals surface area contributed by atoms with Gasteiger partial charge in [-0.25, -0.2) is 8.42 Å². The predicted octanol–water partition coefficient (Wildman–Crippen LogP) is 3.67. The molecule has 0 aromatic heterocycles. The van der Waals surface area contributed by atoms with Crippen molar-refractivity contribution in [2.24, 2.45) is 0 Å². The van der Waals surface area contributed by atoms with Crippen molar-refractivity contribution in [2.75, 3.05) is 32.6 Å². The number of halogens is 2. The second-order valence-electron chi connectivity index (χ2n) is 6.11. The van der Waals surface area contributed by atoms with E-state index >= 15 is 0 Å². The molecule has 0 aliphatic carbocycles. The van der Waals surface area contributed by atoms with E-state index in [0.29, 0.717) is 31.3 Å². The number of fused-ring (bicyclic) bond motifs is 1. The van der Waals surface area contributed by atoms with Gasteiger partial charge in [-0.1, -0.05) is 29.3 Å². The van der Waals surface area contributed by atoms with Crippen molar-refractivity contribution < 1.29 is 17.9 Å². The van der Waals surface area contributed by atoms with Gasteiger partial charge < -0.3 is 14.4 Å². The molecule has 0 fully saturated rings. The van der Waals surface area contributed by atoms with Gasteiger partial charge >= 0.3 is 0 Å². The Morgan fingerprint density at radius 1 is 1.04 bits per heavy atom. The van der Waals surface area contributed by atoms with Crippen LogP contribution in [-0.4, -0.2) is 45.9 Å². The number of hydrogen-bond donors (Lipinski definition) is 0. The van der Waals surface area contributed by atoms with Crippen LogP contribution in [0.5, 0.6) is 11.5 Å². The summed E-state index contributed by atoms with van der Waals surface area (Å²) in [7, 11) is -1.65. The van der Waals surface area contributed by atoms with Crippen LogP contribution in [0.25, 0.3) is 0 Å². The SMILES string of the molecule is CN(CCS(=O)(=O)c1cc(Cl)ccc1Cl)Cc1ccc2c(c1)OCCO2. The van der Waals surface area contributed by atoms with Crippen LogP contribution in [0.2, 0.25) is 10.0 Å². The molecule has 140 valence electrons. The molecule has 0 N–H and O–H groups in total. The van der Waals surface area contributed by atoms with Crippen molar-refractivity contribution in [3.63, 3.8) is 0 Å². The number of nitrogens with zero attached hydrogens (tertiary/aromatic N) is 1. The molecule has 1 aliphatic rings. The molecule has 0 spiro atoms. The summed E-state index contributed by atoms with van der Waals surface area (Å²) >= 11 is 11.9. The zero-order chi connectivity index (χ0) is 18.7. The van der Waals surface area contributed by atoms with Crippen molar-refractivity contribution in [1.29, 1.82) is 0 Å². The fraction of sp³-hybridized carbons (Fsp3) is 0.333. The Morgan fingerprint density at radius 2 is 1.77 bits per heavy atom. The van der Waals surface area contributed by atoms with Gasteiger partial charge in [0.05, 0.1) is 15.7 Å². The van der Waals surface area contributed by atoms with Crippen LogP contribution < -0.4 is 9.47 Å². The van der Waals surface area contributed by atoms with Crippen LogP contribution in [0.3, 0.4) is 0 Å². The van der Waals surface area contributed by atoms with Gasteiger partial charge in [-0.05, 0) is 42.9 Å². The summed E-state index contributed by atoms with van der Waals surface area (Å²) in [5, 5.41) is 0.529. The molecule has 8 heteroatoms. The largest absolute Gasteiger partial charge is 0.486 e. The lowest BCUT2D eigenvalue weighted by Gasteiger charge is -2.21. The van der Waals surface area contributed by atoms with Crippen LogP contribution in [0.4, 0.5) is 0 Å². The lowest BCUT2D eigenvalue weighted by molar-refractivity contribution is 0.171. The molecular formula is C18H19Cl2NO4S. The van der Waals surface area contributed by atoms with Crippen molar-refractivity contribution in [3.8, 4) is 11.5 Å². The third-order valence-corrected chi connectivity index (χ3v) is 6.43. The van der Waals surface area contributed by atoms with Gasteiger partial charge in [0.15, 0.2) is 21.3 Å². The lowest BCUT2D eigenvalue weighted by Crippen LogP contribution is -2.25. The Hall–Kier alpha value is -1.47. The van der Waals surface area contributed by atoms with Gasteiger partial charge in [-0.15, -0.1) is 0 Å². The van der Waals surface area contributed by atoms with E-state index in [2.05, 4.69) is 0 Å². The minimum absolute atomic E-state index is 0.0475. The molecule has 26 heavy (non-hydrogen) atoms. The van der Waals surface area contributed by atoms with Crippen LogP contribution in [0.1, 0.15) is 5.56 Å². The molecule has 1 heterocycles. The van der Waals surface area contributed by atoms with Gasteiger partial charge in [0.1, 0.15) is 13.2 Å². The monoisotopic (exact) mass is 415 g/mol. The maximum absolute atomic E-state index is 12.5. The molecule has 0 amide bonds. The van der Waals surface area contributed by atoms with E-state index in [1.54, 1.807) is 6.07 Å². The van der Waals surface area contributed by atoms with Gasteiger partial charge in [0, 0.05) is 18.1 Å². The Kier molecular flexibility index (Phi) is 5.97. The standard InChI is InChI=1S/C18H19Cl2NO4S/c1-21(12-13-2-5-16-17(10-13)25-8-7-24-16)6-9-26(22,23)18-11-14(19)3-4-15(18)20/h2-5,10-11H,6-9,12H2,1H3. The number of hydrogen-bond acceptors (Lipinski definition) is 5. The average molecular weight is 416 g/mol. The maximum atomic E-state index is 12.5. The molecule has 2 aromatic carbocycles. The second kappa shape index (κ2) is 8.05. The van der Waals surface area contributed by atoms with Crippen molar-refractivity contribution in [2.45, 2.75) is 11.4 Å². The molecule has 0 atom stereocenters. The zero-order valence-corrected chi connectivity index (χ0v) is 16.6. The number of benzene rings is 2. The van der Waals surface area contributed by atoms with Gasteiger partial charge in [-0.2, -0.15) is 0 Å². The highest BCUT2D eigenvalue weighted by molar-refractivity contribution is 7.91. The Balaban J connectivity index is 1.63.